The summed E-state index contributed by atoms with van der Waals surface area (Å²) in [5.41, 5.74) is 2.11. The van der Waals surface area contributed by atoms with Crippen LogP contribution in [0.1, 0.15) is 6.42 Å². The van der Waals surface area contributed by atoms with E-state index < -0.39 is 0 Å². The summed E-state index contributed by atoms with van der Waals surface area (Å²) in [5.74, 6) is 0.996. The quantitative estimate of drug-likeness (QED) is 0.923. The fourth-order valence-corrected chi connectivity index (χ4v) is 2.87. The van der Waals surface area contributed by atoms with Gasteiger partial charge in [-0.1, -0.05) is 12.1 Å². The third-order valence-electron chi connectivity index (χ3n) is 3.96. The first-order valence-corrected chi connectivity index (χ1v) is 7.29. The molecule has 1 fully saturated rings. The second-order valence-electron chi connectivity index (χ2n) is 5.42. The number of rotatable bonds is 3. The van der Waals surface area contributed by atoms with Gasteiger partial charge in [0.2, 0.25) is 5.95 Å². The van der Waals surface area contributed by atoms with Gasteiger partial charge in [-0.15, -0.1) is 24.8 Å². The second kappa shape index (κ2) is 8.58. The molecule has 1 saturated heterocycles. The van der Waals surface area contributed by atoms with Gasteiger partial charge in [-0.3, -0.25) is 0 Å². The van der Waals surface area contributed by atoms with Crippen LogP contribution in [-0.4, -0.2) is 59.4 Å². The fourth-order valence-electron chi connectivity index (χ4n) is 2.87. The van der Waals surface area contributed by atoms with Crippen molar-refractivity contribution >= 4 is 41.8 Å². The minimum Gasteiger partial charge on any atom is -0.395 e. The molecule has 7 heteroatoms. The predicted octanol–water partition coefficient (Wildman–Crippen LogP) is 2.01. The van der Waals surface area contributed by atoms with E-state index in [4.69, 9.17) is 4.98 Å². The number of fused-ring (bicyclic) bond motifs is 1. The molecule has 0 radical (unpaired) electrons. The van der Waals surface area contributed by atoms with Crippen molar-refractivity contribution in [2.24, 2.45) is 0 Å². The van der Waals surface area contributed by atoms with E-state index >= 15 is 0 Å². The Balaban J connectivity index is 0.00000121. The van der Waals surface area contributed by atoms with Crippen LogP contribution in [0.5, 0.6) is 0 Å². The highest BCUT2D eigenvalue weighted by Gasteiger charge is 2.19. The summed E-state index contributed by atoms with van der Waals surface area (Å²) in [6.45, 7) is 4.95. The summed E-state index contributed by atoms with van der Waals surface area (Å²) in [6, 6.07) is 8.15. The second-order valence-corrected chi connectivity index (χ2v) is 5.42. The highest BCUT2D eigenvalue weighted by atomic mass is 35.5. The van der Waals surface area contributed by atoms with Crippen LogP contribution in [0.2, 0.25) is 0 Å². The number of halogens is 2. The Bertz CT molecular complexity index is 590. The number of aromatic nitrogens is 2. The fraction of sp³-hybridized carbons (Fsp3) is 0.533. The summed E-state index contributed by atoms with van der Waals surface area (Å²) < 4.78 is 2.14. The highest BCUT2D eigenvalue weighted by molar-refractivity contribution is 5.85. The van der Waals surface area contributed by atoms with E-state index in [1.54, 1.807) is 0 Å². The maximum atomic E-state index is 9.34. The number of hydrogen-bond acceptors (Lipinski definition) is 4. The van der Waals surface area contributed by atoms with Crippen molar-refractivity contribution in [1.29, 1.82) is 0 Å². The number of likely N-dealkylation sites (N-methyl/N-ethyl adjacent to an activating group) is 1. The number of aliphatic hydroxyl groups is 1. The maximum absolute atomic E-state index is 9.34. The largest absolute Gasteiger partial charge is 0.395 e. The third kappa shape index (κ3) is 3.84. The number of benzene rings is 1. The van der Waals surface area contributed by atoms with Gasteiger partial charge in [-0.25, -0.2) is 4.98 Å². The summed E-state index contributed by atoms with van der Waals surface area (Å²) in [5, 5.41) is 9.34. The Morgan fingerprint density at radius 1 is 1.09 bits per heavy atom. The first kappa shape index (κ1) is 19.0. The SMILES string of the molecule is CN1CCCN(c2nc3ccccc3n2CCO)CC1.Cl.Cl. The van der Waals surface area contributed by atoms with Crippen LogP contribution >= 0.6 is 24.8 Å². The van der Waals surface area contributed by atoms with Gasteiger partial charge in [0, 0.05) is 26.2 Å². The molecule has 22 heavy (non-hydrogen) atoms. The predicted molar refractivity (Wildman–Crippen MR) is 95.6 cm³/mol. The van der Waals surface area contributed by atoms with Crippen LogP contribution in [0.4, 0.5) is 5.95 Å². The van der Waals surface area contributed by atoms with Crippen LogP contribution in [0, 0.1) is 0 Å². The minimum atomic E-state index is 0. The molecule has 0 atom stereocenters. The molecule has 1 aliphatic rings. The van der Waals surface area contributed by atoms with Crippen molar-refractivity contribution in [2.45, 2.75) is 13.0 Å². The van der Waals surface area contributed by atoms with Crippen molar-refractivity contribution < 1.29 is 5.11 Å². The molecule has 1 N–H and O–H groups in total. The zero-order chi connectivity index (χ0) is 13.9. The third-order valence-corrected chi connectivity index (χ3v) is 3.96. The van der Waals surface area contributed by atoms with E-state index in [1.807, 2.05) is 18.2 Å². The molecule has 0 bridgehead atoms. The van der Waals surface area contributed by atoms with E-state index in [-0.39, 0.29) is 31.4 Å². The van der Waals surface area contributed by atoms with Gasteiger partial charge >= 0.3 is 0 Å². The minimum absolute atomic E-state index is 0. The Morgan fingerprint density at radius 2 is 1.86 bits per heavy atom. The van der Waals surface area contributed by atoms with Crippen molar-refractivity contribution in [3.05, 3.63) is 24.3 Å². The summed E-state index contributed by atoms with van der Waals surface area (Å²) in [6.07, 6.45) is 1.15. The number of hydrogen-bond donors (Lipinski definition) is 1. The van der Waals surface area contributed by atoms with Crippen molar-refractivity contribution in [1.82, 2.24) is 14.5 Å². The molecule has 0 unspecified atom stereocenters. The number of anilines is 1. The Morgan fingerprint density at radius 3 is 2.64 bits per heavy atom. The molecule has 5 nitrogen and oxygen atoms in total. The van der Waals surface area contributed by atoms with Crippen LogP contribution in [-0.2, 0) is 6.54 Å². The number of aliphatic hydroxyl groups excluding tert-OH is 1. The molecule has 0 saturated carbocycles. The van der Waals surface area contributed by atoms with Crippen molar-refractivity contribution in [3.63, 3.8) is 0 Å². The van der Waals surface area contributed by atoms with E-state index in [2.05, 4.69) is 27.5 Å². The van der Waals surface area contributed by atoms with Gasteiger partial charge < -0.3 is 19.5 Å². The zero-order valence-electron chi connectivity index (χ0n) is 12.8. The van der Waals surface area contributed by atoms with E-state index in [0.29, 0.717) is 6.54 Å². The molecule has 1 aromatic carbocycles. The number of imidazole rings is 1. The summed E-state index contributed by atoms with van der Waals surface area (Å²) >= 11 is 0. The number of para-hydroxylation sites is 2. The van der Waals surface area contributed by atoms with Gasteiger partial charge in [0.1, 0.15) is 0 Å². The normalized spacial score (nSPS) is 16.0. The summed E-state index contributed by atoms with van der Waals surface area (Å²) in [7, 11) is 2.17. The van der Waals surface area contributed by atoms with E-state index in [0.717, 1.165) is 49.6 Å². The molecule has 124 valence electrons. The smallest absolute Gasteiger partial charge is 0.206 e. The van der Waals surface area contributed by atoms with Crippen LogP contribution in [0.25, 0.3) is 11.0 Å². The van der Waals surface area contributed by atoms with Crippen LogP contribution in [0.3, 0.4) is 0 Å². The first-order valence-electron chi connectivity index (χ1n) is 7.29. The molecular weight excluding hydrogens is 323 g/mol. The lowest BCUT2D eigenvalue weighted by Crippen LogP contribution is -2.31. The lowest BCUT2D eigenvalue weighted by atomic mass is 10.3. The van der Waals surface area contributed by atoms with Gasteiger partial charge in [-0.05, 0) is 32.1 Å². The average molecular weight is 347 g/mol. The van der Waals surface area contributed by atoms with Gasteiger partial charge in [-0.2, -0.15) is 0 Å². The molecular formula is C15H24Cl2N4O. The Labute approximate surface area is 143 Å². The van der Waals surface area contributed by atoms with Crippen LogP contribution in [0.15, 0.2) is 24.3 Å². The first-order chi connectivity index (χ1) is 9.79. The van der Waals surface area contributed by atoms with Gasteiger partial charge in [0.05, 0.1) is 17.6 Å². The maximum Gasteiger partial charge on any atom is 0.206 e. The van der Waals surface area contributed by atoms with Crippen LogP contribution < -0.4 is 4.90 Å². The molecule has 0 amide bonds. The summed E-state index contributed by atoms with van der Waals surface area (Å²) in [4.78, 5) is 9.49. The molecule has 0 aliphatic carbocycles. The monoisotopic (exact) mass is 346 g/mol. The Kier molecular flexibility index (Phi) is 7.42. The molecule has 1 aromatic heterocycles. The average Bonchev–Trinajstić information content (AvgIpc) is 2.67. The van der Waals surface area contributed by atoms with Gasteiger partial charge in [0.25, 0.3) is 0 Å². The van der Waals surface area contributed by atoms with Crippen molar-refractivity contribution in [3.8, 4) is 0 Å². The molecule has 0 spiro atoms. The van der Waals surface area contributed by atoms with Crippen molar-refractivity contribution in [2.75, 3.05) is 44.7 Å². The lowest BCUT2D eigenvalue weighted by molar-refractivity contribution is 0.278. The highest BCUT2D eigenvalue weighted by Crippen LogP contribution is 2.23. The van der Waals surface area contributed by atoms with E-state index in [9.17, 15) is 5.11 Å². The molecule has 2 aromatic rings. The molecule has 3 rings (SSSR count). The topological polar surface area (TPSA) is 44.5 Å². The van der Waals surface area contributed by atoms with E-state index in [1.165, 1.54) is 0 Å². The number of nitrogens with zero attached hydrogens (tertiary/aromatic N) is 4. The molecule has 2 heterocycles. The lowest BCUT2D eigenvalue weighted by Gasteiger charge is -2.22. The standard InChI is InChI=1S/C15H22N4O.2ClH/c1-17-7-4-8-18(10-9-17)15-16-13-5-2-3-6-14(13)19(15)11-12-20;;/h2-3,5-6,20H,4,7-12H2,1H3;2*1H. The Hall–Kier alpha value is -1.01. The molecule has 1 aliphatic heterocycles. The zero-order valence-corrected chi connectivity index (χ0v) is 14.4. The van der Waals surface area contributed by atoms with Gasteiger partial charge in [0.15, 0.2) is 0 Å².